The summed E-state index contributed by atoms with van der Waals surface area (Å²) in [5.41, 5.74) is 4.18. The second kappa shape index (κ2) is 6.53. The summed E-state index contributed by atoms with van der Waals surface area (Å²) < 4.78 is 0. The topological polar surface area (TPSA) is 41.1 Å². The normalized spacial score (nSPS) is 10.5. The molecule has 0 aliphatic carbocycles. The van der Waals surface area contributed by atoms with Crippen molar-refractivity contribution in [2.24, 2.45) is 0 Å². The number of rotatable bonds is 4. The number of amides is 1. The SMILES string of the molecule is Cc1cc(C)cc(NCC(=O)Nc2cccc3ccccc23)c1. The van der Waals surface area contributed by atoms with E-state index in [1.165, 1.54) is 11.1 Å². The molecule has 2 N–H and O–H groups in total. The van der Waals surface area contributed by atoms with Crippen LogP contribution in [0.2, 0.25) is 0 Å². The number of carbonyl (C=O) groups is 1. The van der Waals surface area contributed by atoms with Crippen LogP contribution in [0.5, 0.6) is 0 Å². The molecule has 0 heterocycles. The van der Waals surface area contributed by atoms with Gasteiger partial charge in [0.05, 0.1) is 6.54 Å². The van der Waals surface area contributed by atoms with Gasteiger partial charge in [-0.25, -0.2) is 0 Å². The molecule has 0 radical (unpaired) electrons. The summed E-state index contributed by atoms with van der Waals surface area (Å²) in [6.45, 7) is 4.34. The Labute approximate surface area is 136 Å². The first kappa shape index (κ1) is 15.1. The molecule has 0 atom stereocenters. The summed E-state index contributed by atoms with van der Waals surface area (Å²) in [7, 11) is 0. The Balaban J connectivity index is 1.69. The molecule has 116 valence electrons. The van der Waals surface area contributed by atoms with Gasteiger partial charge in [-0.15, -0.1) is 0 Å². The third-order valence-corrected chi connectivity index (χ3v) is 3.74. The van der Waals surface area contributed by atoms with E-state index in [9.17, 15) is 4.79 Å². The van der Waals surface area contributed by atoms with Crippen LogP contribution in [0, 0.1) is 13.8 Å². The highest BCUT2D eigenvalue weighted by Gasteiger charge is 2.06. The van der Waals surface area contributed by atoms with Crippen molar-refractivity contribution in [2.75, 3.05) is 17.2 Å². The fraction of sp³-hybridized carbons (Fsp3) is 0.150. The largest absolute Gasteiger partial charge is 0.376 e. The molecule has 0 fully saturated rings. The summed E-state index contributed by atoms with van der Waals surface area (Å²) in [4.78, 5) is 12.2. The average molecular weight is 304 g/mol. The van der Waals surface area contributed by atoms with E-state index in [1.807, 2.05) is 68.4 Å². The molecule has 1 amide bonds. The molecule has 0 saturated carbocycles. The Morgan fingerprint density at radius 2 is 1.61 bits per heavy atom. The minimum atomic E-state index is -0.0551. The summed E-state index contributed by atoms with van der Waals surface area (Å²) in [5.74, 6) is -0.0551. The molecule has 3 aromatic rings. The highest BCUT2D eigenvalue weighted by molar-refractivity contribution is 6.03. The highest BCUT2D eigenvalue weighted by atomic mass is 16.1. The first-order chi connectivity index (χ1) is 11.1. The highest BCUT2D eigenvalue weighted by Crippen LogP contribution is 2.22. The molecular weight excluding hydrogens is 284 g/mol. The van der Waals surface area contributed by atoms with Gasteiger partial charge in [0, 0.05) is 16.8 Å². The minimum absolute atomic E-state index is 0.0551. The Hall–Kier alpha value is -2.81. The van der Waals surface area contributed by atoms with Crippen LogP contribution in [-0.4, -0.2) is 12.5 Å². The molecule has 0 aliphatic rings. The van der Waals surface area contributed by atoms with Gasteiger partial charge in [0.1, 0.15) is 0 Å². The van der Waals surface area contributed by atoms with E-state index in [4.69, 9.17) is 0 Å². The van der Waals surface area contributed by atoms with Crippen molar-refractivity contribution in [3.8, 4) is 0 Å². The molecule has 0 unspecified atom stereocenters. The molecule has 0 spiro atoms. The van der Waals surface area contributed by atoms with Gasteiger partial charge < -0.3 is 10.6 Å². The number of hydrogen-bond acceptors (Lipinski definition) is 2. The number of benzene rings is 3. The molecule has 0 bridgehead atoms. The molecule has 3 heteroatoms. The van der Waals surface area contributed by atoms with Gasteiger partial charge in [-0.05, 0) is 48.6 Å². The predicted octanol–water partition coefficient (Wildman–Crippen LogP) is 4.51. The zero-order chi connectivity index (χ0) is 16.2. The molecule has 3 nitrogen and oxygen atoms in total. The smallest absolute Gasteiger partial charge is 0.243 e. The third-order valence-electron chi connectivity index (χ3n) is 3.74. The van der Waals surface area contributed by atoms with E-state index in [0.29, 0.717) is 0 Å². The fourth-order valence-corrected chi connectivity index (χ4v) is 2.79. The number of nitrogens with one attached hydrogen (secondary N) is 2. The monoisotopic (exact) mass is 304 g/mol. The standard InChI is InChI=1S/C20H20N2O/c1-14-10-15(2)12-17(11-14)21-13-20(23)22-19-9-5-7-16-6-3-4-8-18(16)19/h3-12,21H,13H2,1-2H3,(H,22,23). The summed E-state index contributed by atoms with van der Waals surface area (Å²) >= 11 is 0. The lowest BCUT2D eigenvalue weighted by atomic mass is 10.1. The van der Waals surface area contributed by atoms with Gasteiger partial charge >= 0.3 is 0 Å². The van der Waals surface area contributed by atoms with Crippen LogP contribution in [-0.2, 0) is 4.79 Å². The van der Waals surface area contributed by atoms with Gasteiger partial charge in [0.2, 0.25) is 5.91 Å². The van der Waals surface area contributed by atoms with Crippen LogP contribution in [0.15, 0.2) is 60.7 Å². The maximum Gasteiger partial charge on any atom is 0.243 e. The van der Waals surface area contributed by atoms with Gasteiger partial charge in [-0.1, -0.05) is 42.5 Å². The van der Waals surface area contributed by atoms with Crippen molar-refractivity contribution in [3.05, 3.63) is 71.8 Å². The average Bonchev–Trinajstić information content (AvgIpc) is 2.52. The number of fused-ring (bicyclic) bond motifs is 1. The summed E-state index contributed by atoms with van der Waals surface area (Å²) in [5, 5.41) is 8.33. The van der Waals surface area contributed by atoms with Gasteiger partial charge in [-0.2, -0.15) is 0 Å². The Bertz CT molecular complexity index is 830. The van der Waals surface area contributed by atoms with E-state index >= 15 is 0 Å². The van der Waals surface area contributed by atoms with Crippen molar-refractivity contribution < 1.29 is 4.79 Å². The van der Waals surface area contributed by atoms with E-state index < -0.39 is 0 Å². The Kier molecular flexibility index (Phi) is 4.29. The van der Waals surface area contributed by atoms with Crippen LogP contribution < -0.4 is 10.6 Å². The third kappa shape index (κ3) is 3.69. The van der Waals surface area contributed by atoms with Crippen molar-refractivity contribution >= 4 is 28.1 Å². The van der Waals surface area contributed by atoms with E-state index in [-0.39, 0.29) is 12.5 Å². The lowest BCUT2D eigenvalue weighted by molar-refractivity contribution is -0.114. The maximum atomic E-state index is 12.2. The van der Waals surface area contributed by atoms with E-state index in [2.05, 4.69) is 16.7 Å². The molecule has 0 aliphatic heterocycles. The van der Waals surface area contributed by atoms with Crippen LogP contribution in [0.1, 0.15) is 11.1 Å². The van der Waals surface area contributed by atoms with Crippen molar-refractivity contribution in [1.29, 1.82) is 0 Å². The molecule has 23 heavy (non-hydrogen) atoms. The Morgan fingerprint density at radius 3 is 2.39 bits per heavy atom. The predicted molar refractivity (Wildman–Crippen MR) is 97.0 cm³/mol. The zero-order valence-corrected chi connectivity index (χ0v) is 13.4. The van der Waals surface area contributed by atoms with Crippen molar-refractivity contribution in [3.63, 3.8) is 0 Å². The second-order valence-electron chi connectivity index (χ2n) is 5.80. The minimum Gasteiger partial charge on any atom is -0.376 e. The van der Waals surface area contributed by atoms with Crippen molar-refractivity contribution in [1.82, 2.24) is 0 Å². The van der Waals surface area contributed by atoms with Crippen LogP contribution >= 0.6 is 0 Å². The maximum absolute atomic E-state index is 12.2. The first-order valence-electron chi connectivity index (χ1n) is 7.71. The number of anilines is 2. The summed E-state index contributed by atoms with van der Waals surface area (Å²) in [6.07, 6.45) is 0. The fourth-order valence-electron chi connectivity index (χ4n) is 2.79. The first-order valence-corrected chi connectivity index (χ1v) is 7.71. The number of hydrogen-bond donors (Lipinski definition) is 2. The van der Waals surface area contributed by atoms with Gasteiger partial charge in [0.25, 0.3) is 0 Å². The number of carbonyl (C=O) groups excluding carboxylic acids is 1. The quantitative estimate of drug-likeness (QED) is 0.744. The molecule has 3 rings (SSSR count). The van der Waals surface area contributed by atoms with Gasteiger partial charge in [0.15, 0.2) is 0 Å². The van der Waals surface area contributed by atoms with Crippen LogP contribution in [0.25, 0.3) is 10.8 Å². The van der Waals surface area contributed by atoms with Gasteiger partial charge in [-0.3, -0.25) is 4.79 Å². The Morgan fingerprint density at radius 1 is 0.913 bits per heavy atom. The van der Waals surface area contributed by atoms with E-state index in [0.717, 1.165) is 22.1 Å². The lowest BCUT2D eigenvalue weighted by Crippen LogP contribution is -2.21. The summed E-state index contributed by atoms with van der Waals surface area (Å²) in [6, 6.07) is 20.1. The van der Waals surface area contributed by atoms with Crippen LogP contribution in [0.3, 0.4) is 0 Å². The zero-order valence-electron chi connectivity index (χ0n) is 13.4. The van der Waals surface area contributed by atoms with Crippen LogP contribution in [0.4, 0.5) is 11.4 Å². The second-order valence-corrected chi connectivity index (χ2v) is 5.80. The molecule has 0 saturated heterocycles. The molecule has 0 aromatic heterocycles. The lowest BCUT2D eigenvalue weighted by Gasteiger charge is -2.11. The van der Waals surface area contributed by atoms with E-state index in [1.54, 1.807) is 0 Å². The molecular formula is C20H20N2O. The number of aryl methyl sites for hydroxylation is 2. The van der Waals surface area contributed by atoms with Crippen molar-refractivity contribution in [2.45, 2.75) is 13.8 Å². The molecule has 3 aromatic carbocycles.